The van der Waals surface area contributed by atoms with Crippen molar-refractivity contribution in [3.63, 3.8) is 0 Å². The van der Waals surface area contributed by atoms with E-state index < -0.39 is 0 Å². The molecule has 0 saturated heterocycles. The molecule has 0 radical (unpaired) electrons. The first-order valence-electron chi connectivity index (χ1n) is 5.19. The van der Waals surface area contributed by atoms with Crippen molar-refractivity contribution in [1.82, 2.24) is 4.98 Å². The van der Waals surface area contributed by atoms with Gasteiger partial charge in [-0.3, -0.25) is 0 Å². The summed E-state index contributed by atoms with van der Waals surface area (Å²) in [5, 5.41) is 12.9. The fourth-order valence-electron chi connectivity index (χ4n) is 1.60. The molecule has 4 heteroatoms. The average molecular weight is 229 g/mol. The molecule has 0 saturated carbocycles. The second-order valence-electron chi connectivity index (χ2n) is 4.04. The Labute approximate surface area is 95.1 Å². The van der Waals surface area contributed by atoms with Crippen LogP contribution in [-0.2, 0) is 11.2 Å². The van der Waals surface area contributed by atoms with E-state index in [4.69, 9.17) is 4.74 Å². The normalized spacial score (nSPS) is 15.2. The Kier molecular flexibility index (Phi) is 5.22. The number of aryl methyl sites for hydroxylation is 1. The molecule has 0 fully saturated rings. The highest BCUT2D eigenvalue weighted by atomic mass is 32.1. The fourth-order valence-corrected chi connectivity index (χ4v) is 2.44. The molecule has 0 bridgehead atoms. The van der Waals surface area contributed by atoms with Crippen molar-refractivity contribution in [2.75, 3.05) is 13.7 Å². The number of methoxy groups -OCH3 is 1. The second-order valence-corrected chi connectivity index (χ2v) is 4.98. The van der Waals surface area contributed by atoms with Crippen LogP contribution in [0.3, 0.4) is 0 Å². The Morgan fingerprint density at radius 3 is 2.87 bits per heavy atom. The zero-order valence-electron chi connectivity index (χ0n) is 9.56. The van der Waals surface area contributed by atoms with Crippen molar-refractivity contribution in [3.8, 4) is 0 Å². The van der Waals surface area contributed by atoms with E-state index in [1.807, 2.05) is 12.3 Å². The fraction of sp³-hybridized carbons (Fsp3) is 0.727. The molecule has 3 nitrogen and oxygen atoms in total. The lowest BCUT2D eigenvalue weighted by Gasteiger charge is -2.14. The molecular weight excluding hydrogens is 210 g/mol. The molecule has 2 unspecified atom stereocenters. The van der Waals surface area contributed by atoms with Crippen molar-refractivity contribution >= 4 is 11.3 Å². The van der Waals surface area contributed by atoms with Crippen LogP contribution in [-0.4, -0.2) is 29.9 Å². The number of aromatic nitrogens is 1. The van der Waals surface area contributed by atoms with Gasteiger partial charge in [-0.25, -0.2) is 4.98 Å². The standard InChI is InChI=1S/C11H19NO2S/c1-8(6-14-3)4-10(13)5-11-12-9(2)7-15-11/h7-8,10,13H,4-6H2,1-3H3. The summed E-state index contributed by atoms with van der Waals surface area (Å²) < 4.78 is 5.03. The predicted octanol–water partition coefficient (Wildman–Crippen LogP) is 2.03. The summed E-state index contributed by atoms with van der Waals surface area (Å²) in [7, 11) is 1.69. The van der Waals surface area contributed by atoms with Crippen molar-refractivity contribution in [2.24, 2.45) is 5.92 Å². The molecule has 0 aromatic carbocycles. The number of hydrogen-bond donors (Lipinski definition) is 1. The van der Waals surface area contributed by atoms with E-state index in [2.05, 4.69) is 11.9 Å². The highest BCUT2D eigenvalue weighted by Crippen LogP contribution is 2.15. The van der Waals surface area contributed by atoms with E-state index in [9.17, 15) is 5.11 Å². The monoisotopic (exact) mass is 229 g/mol. The van der Waals surface area contributed by atoms with Gasteiger partial charge in [0.05, 0.1) is 11.1 Å². The quantitative estimate of drug-likeness (QED) is 0.811. The summed E-state index contributed by atoms with van der Waals surface area (Å²) in [6.45, 7) is 4.76. The molecule has 0 aliphatic heterocycles. The number of nitrogens with zero attached hydrogens (tertiary/aromatic N) is 1. The first-order valence-corrected chi connectivity index (χ1v) is 6.07. The van der Waals surface area contributed by atoms with Gasteiger partial charge in [-0.15, -0.1) is 11.3 Å². The molecule has 0 spiro atoms. The Balaban J connectivity index is 2.32. The smallest absolute Gasteiger partial charge is 0.0953 e. The minimum Gasteiger partial charge on any atom is -0.393 e. The van der Waals surface area contributed by atoms with E-state index in [-0.39, 0.29) is 6.10 Å². The lowest BCUT2D eigenvalue weighted by Crippen LogP contribution is -2.17. The molecule has 1 aromatic rings. The van der Waals surface area contributed by atoms with Crippen LogP contribution in [0.4, 0.5) is 0 Å². The van der Waals surface area contributed by atoms with E-state index in [0.29, 0.717) is 18.9 Å². The van der Waals surface area contributed by atoms with Crippen LogP contribution in [0.25, 0.3) is 0 Å². The van der Waals surface area contributed by atoms with Crippen molar-refractivity contribution in [3.05, 3.63) is 16.1 Å². The first-order chi connectivity index (χ1) is 7.11. The van der Waals surface area contributed by atoms with Crippen LogP contribution >= 0.6 is 11.3 Å². The average Bonchev–Trinajstić information content (AvgIpc) is 2.51. The van der Waals surface area contributed by atoms with Gasteiger partial charge in [0.25, 0.3) is 0 Å². The van der Waals surface area contributed by atoms with Crippen LogP contribution in [0, 0.1) is 12.8 Å². The number of aliphatic hydroxyl groups excluding tert-OH is 1. The Bertz CT molecular complexity index is 288. The molecule has 1 aromatic heterocycles. The summed E-state index contributed by atoms with van der Waals surface area (Å²) in [6.07, 6.45) is 1.12. The van der Waals surface area contributed by atoms with Gasteiger partial charge in [0.2, 0.25) is 0 Å². The minimum absolute atomic E-state index is 0.305. The van der Waals surface area contributed by atoms with Crippen LogP contribution in [0.15, 0.2) is 5.38 Å². The minimum atomic E-state index is -0.305. The second kappa shape index (κ2) is 6.20. The van der Waals surface area contributed by atoms with Gasteiger partial charge in [-0.05, 0) is 19.3 Å². The Morgan fingerprint density at radius 1 is 1.60 bits per heavy atom. The van der Waals surface area contributed by atoms with E-state index in [1.54, 1.807) is 18.4 Å². The Morgan fingerprint density at radius 2 is 2.33 bits per heavy atom. The lowest BCUT2D eigenvalue weighted by atomic mass is 10.0. The molecule has 0 amide bonds. The summed E-state index contributed by atoms with van der Waals surface area (Å²) in [4.78, 5) is 4.33. The van der Waals surface area contributed by atoms with Crippen LogP contribution < -0.4 is 0 Å². The molecule has 1 N–H and O–H groups in total. The largest absolute Gasteiger partial charge is 0.393 e. The van der Waals surface area contributed by atoms with Gasteiger partial charge >= 0.3 is 0 Å². The van der Waals surface area contributed by atoms with Gasteiger partial charge in [0.1, 0.15) is 0 Å². The third kappa shape index (κ3) is 4.73. The number of ether oxygens (including phenoxy) is 1. The summed E-state index contributed by atoms with van der Waals surface area (Å²) in [5.74, 6) is 0.394. The highest BCUT2D eigenvalue weighted by Gasteiger charge is 2.12. The maximum absolute atomic E-state index is 9.82. The van der Waals surface area contributed by atoms with E-state index in [0.717, 1.165) is 17.1 Å². The topological polar surface area (TPSA) is 42.4 Å². The zero-order chi connectivity index (χ0) is 11.3. The Hall–Kier alpha value is -0.450. The molecule has 0 aliphatic rings. The SMILES string of the molecule is COCC(C)CC(O)Cc1nc(C)cs1. The van der Waals surface area contributed by atoms with E-state index >= 15 is 0 Å². The van der Waals surface area contributed by atoms with Crippen LogP contribution in [0.1, 0.15) is 24.0 Å². The number of rotatable bonds is 6. The molecule has 15 heavy (non-hydrogen) atoms. The molecule has 0 aliphatic carbocycles. The lowest BCUT2D eigenvalue weighted by molar-refractivity contribution is 0.102. The van der Waals surface area contributed by atoms with Crippen LogP contribution in [0.5, 0.6) is 0 Å². The first kappa shape index (κ1) is 12.6. The molecule has 1 rings (SSSR count). The maximum Gasteiger partial charge on any atom is 0.0953 e. The van der Waals surface area contributed by atoms with Gasteiger partial charge < -0.3 is 9.84 Å². The van der Waals surface area contributed by atoms with Crippen molar-refractivity contribution in [2.45, 2.75) is 32.8 Å². The molecular formula is C11H19NO2S. The van der Waals surface area contributed by atoms with Gasteiger partial charge in [-0.1, -0.05) is 6.92 Å². The third-order valence-electron chi connectivity index (χ3n) is 2.20. The number of aliphatic hydroxyl groups is 1. The molecule has 1 heterocycles. The van der Waals surface area contributed by atoms with Gasteiger partial charge in [0.15, 0.2) is 0 Å². The van der Waals surface area contributed by atoms with Gasteiger partial charge in [-0.2, -0.15) is 0 Å². The highest BCUT2D eigenvalue weighted by molar-refractivity contribution is 7.09. The predicted molar refractivity (Wildman–Crippen MR) is 62.2 cm³/mol. The zero-order valence-corrected chi connectivity index (χ0v) is 10.4. The number of hydrogen-bond acceptors (Lipinski definition) is 4. The maximum atomic E-state index is 9.82. The number of thiazole rings is 1. The van der Waals surface area contributed by atoms with Gasteiger partial charge in [0, 0.05) is 31.2 Å². The third-order valence-corrected chi connectivity index (χ3v) is 3.19. The summed E-state index contributed by atoms with van der Waals surface area (Å²) >= 11 is 1.62. The van der Waals surface area contributed by atoms with Crippen molar-refractivity contribution < 1.29 is 9.84 Å². The molecule has 2 atom stereocenters. The van der Waals surface area contributed by atoms with E-state index in [1.165, 1.54) is 0 Å². The van der Waals surface area contributed by atoms with Crippen molar-refractivity contribution in [1.29, 1.82) is 0 Å². The molecule has 86 valence electrons. The van der Waals surface area contributed by atoms with Crippen LogP contribution in [0.2, 0.25) is 0 Å². The summed E-state index contributed by atoms with van der Waals surface area (Å²) in [5.41, 5.74) is 1.03. The summed E-state index contributed by atoms with van der Waals surface area (Å²) in [6, 6.07) is 0.